The van der Waals surface area contributed by atoms with Gasteiger partial charge < -0.3 is 15.2 Å². The molecule has 0 aromatic carbocycles. The molecular formula is C28H36ClN7. The zero-order valence-corrected chi connectivity index (χ0v) is 22.0. The molecule has 7 nitrogen and oxygen atoms in total. The van der Waals surface area contributed by atoms with Gasteiger partial charge in [0.2, 0.25) is 5.28 Å². The van der Waals surface area contributed by atoms with Gasteiger partial charge in [-0.3, -0.25) is 4.68 Å². The van der Waals surface area contributed by atoms with Gasteiger partial charge in [-0.2, -0.15) is 10.1 Å². The van der Waals surface area contributed by atoms with Crippen molar-refractivity contribution >= 4 is 28.5 Å². The molecule has 1 aliphatic carbocycles. The van der Waals surface area contributed by atoms with E-state index in [4.69, 9.17) is 22.4 Å². The zero-order chi connectivity index (χ0) is 25.2. The second kappa shape index (κ2) is 10.6. The van der Waals surface area contributed by atoms with E-state index in [1.165, 1.54) is 38.8 Å². The number of allylic oxidation sites excluding steroid dienone is 5. The summed E-state index contributed by atoms with van der Waals surface area (Å²) in [6.45, 7) is 9.17. The minimum atomic E-state index is 0.186. The normalized spacial score (nSPS) is 22.0. The Morgan fingerprint density at radius 2 is 1.97 bits per heavy atom. The molecule has 0 spiro atoms. The van der Waals surface area contributed by atoms with Crippen LogP contribution < -0.4 is 5.73 Å². The van der Waals surface area contributed by atoms with Gasteiger partial charge in [-0.1, -0.05) is 30.9 Å². The fourth-order valence-electron chi connectivity index (χ4n) is 5.95. The summed E-state index contributed by atoms with van der Waals surface area (Å²) in [6, 6.07) is 2.40. The van der Waals surface area contributed by atoms with Crippen LogP contribution in [-0.4, -0.2) is 49.4 Å². The molecule has 2 N–H and O–H groups in total. The minimum Gasteiger partial charge on any atom is -0.383 e. The molecule has 5 rings (SSSR count). The number of nitrogens with two attached hydrogens (primary N) is 1. The van der Waals surface area contributed by atoms with E-state index in [1.54, 1.807) is 0 Å². The lowest BCUT2D eigenvalue weighted by molar-refractivity contribution is 0.170. The summed E-state index contributed by atoms with van der Waals surface area (Å²) in [6.07, 6.45) is 18.3. The Kier molecular flexibility index (Phi) is 7.30. The molecule has 3 aromatic rings. The molecule has 2 aliphatic rings. The van der Waals surface area contributed by atoms with E-state index in [-0.39, 0.29) is 5.28 Å². The number of piperidine rings is 1. The van der Waals surface area contributed by atoms with Gasteiger partial charge in [0.15, 0.2) is 0 Å². The van der Waals surface area contributed by atoms with E-state index in [0.29, 0.717) is 18.4 Å². The Labute approximate surface area is 218 Å². The Balaban J connectivity index is 1.42. The van der Waals surface area contributed by atoms with Crippen LogP contribution in [0.5, 0.6) is 0 Å². The average molecular weight is 506 g/mol. The summed E-state index contributed by atoms with van der Waals surface area (Å²) in [4.78, 5) is 11.4. The van der Waals surface area contributed by atoms with E-state index < -0.39 is 0 Å². The number of hydrogen-bond acceptors (Lipinski definition) is 5. The molecule has 1 saturated heterocycles. The highest BCUT2D eigenvalue weighted by molar-refractivity contribution is 6.29. The summed E-state index contributed by atoms with van der Waals surface area (Å²) in [5.74, 6) is 1.98. The number of nitrogens with zero attached hydrogens (tertiary/aromatic N) is 6. The fraction of sp³-hybridized carbons (Fsp3) is 0.464. The van der Waals surface area contributed by atoms with Crippen LogP contribution in [0.4, 0.5) is 5.82 Å². The van der Waals surface area contributed by atoms with E-state index in [9.17, 15) is 0 Å². The summed E-state index contributed by atoms with van der Waals surface area (Å²) in [5, 5.41) is 5.86. The first-order valence-electron chi connectivity index (χ1n) is 13.0. The second-order valence-corrected chi connectivity index (χ2v) is 10.7. The average Bonchev–Trinajstić information content (AvgIpc) is 3.58. The predicted molar refractivity (Wildman–Crippen MR) is 148 cm³/mol. The largest absolute Gasteiger partial charge is 0.383 e. The number of likely N-dealkylation sites (tertiary alicyclic amines) is 1. The number of aromatic nitrogens is 5. The summed E-state index contributed by atoms with van der Waals surface area (Å²) >= 11 is 6.27. The van der Waals surface area contributed by atoms with Gasteiger partial charge in [0, 0.05) is 24.0 Å². The number of halogens is 1. The molecule has 0 bridgehead atoms. The lowest BCUT2D eigenvalue weighted by Gasteiger charge is -2.32. The van der Waals surface area contributed by atoms with Crippen molar-refractivity contribution in [3.63, 3.8) is 0 Å². The van der Waals surface area contributed by atoms with Crippen molar-refractivity contribution < 1.29 is 0 Å². The number of rotatable bonds is 7. The molecule has 8 heteroatoms. The standard InChI is InChI=1S/C28H36ClN7/c1-4-5-6-7-19(2)17-35-15-12-24(33-35)23-18-36(27-25(23)26(30)31-28(29)32-27)22-9-8-21(16-22)20-10-13-34(3)14-11-20/h4-7,12,15,18,20-22H,2,8-11,13-14,16-17H2,1,3H3,(H2,30,31,32)/b5-4-,7-6-. The Bertz CT molecular complexity index is 1290. The Morgan fingerprint density at radius 1 is 1.17 bits per heavy atom. The number of hydrogen-bond donors (Lipinski definition) is 1. The predicted octanol–water partition coefficient (Wildman–Crippen LogP) is 5.90. The van der Waals surface area contributed by atoms with Crippen LogP contribution in [0.1, 0.15) is 45.1 Å². The third-order valence-corrected chi connectivity index (χ3v) is 8.03. The third kappa shape index (κ3) is 5.13. The molecular weight excluding hydrogens is 470 g/mol. The van der Waals surface area contributed by atoms with E-state index in [1.807, 2.05) is 48.2 Å². The molecule has 190 valence electrons. The van der Waals surface area contributed by atoms with Crippen LogP contribution in [0.15, 0.2) is 54.9 Å². The first kappa shape index (κ1) is 24.8. The van der Waals surface area contributed by atoms with Crippen molar-refractivity contribution in [3.8, 4) is 11.3 Å². The monoisotopic (exact) mass is 505 g/mol. The van der Waals surface area contributed by atoms with Gasteiger partial charge in [0.05, 0.1) is 17.6 Å². The number of fused-ring (bicyclic) bond motifs is 1. The van der Waals surface area contributed by atoms with Gasteiger partial charge in [-0.05, 0) is 94.2 Å². The van der Waals surface area contributed by atoms with Gasteiger partial charge in [-0.15, -0.1) is 0 Å². The lowest BCUT2D eigenvalue weighted by Crippen LogP contribution is -2.32. The number of nitrogen functional groups attached to an aromatic ring is 1. The minimum absolute atomic E-state index is 0.186. The second-order valence-electron chi connectivity index (χ2n) is 10.3. The summed E-state index contributed by atoms with van der Waals surface area (Å²) in [7, 11) is 2.23. The maximum Gasteiger partial charge on any atom is 0.226 e. The first-order chi connectivity index (χ1) is 17.4. The van der Waals surface area contributed by atoms with Crippen molar-refractivity contribution in [1.82, 2.24) is 29.2 Å². The van der Waals surface area contributed by atoms with Crippen LogP contribution in [-0.2, 0) is 6.54 Å². The molecule has 36 heavy (non-hydrogen) atoms. The number of anilines is 1. The van der Waals surface area contributed by atoms with E-state index in [2.05, 4.69) is 39.3 Å². The fourth-order valence-corrected chi connectivity index (χ4v) is 6.12. The van der Waals surface area contributed by atoms with Crippen molar-refractivity contribution in [2.24, 2.45) is 11.8 Å². The van der Waals surface area contributed by atoms with Crippen molar-refractivity contribution in [1.29, 1.82) is 0 Å². The van der Waals surface area contributed by atoms with Crippen LogP contribution in [0.3, 0.4) is 0 Å². The molecule has 2 fully saturated rings. The highest BCUT2D eigenvalue weighted by Crippen LogP contribution is 2.45. The smallest absolute Gasteiger partial charge is 0.226 e. The van der Waals surface area contributed by atoms with Gasteiger partial charge in [-0.25, -0.2) is 4.98 Å². The Hall–Kier alpha value is -2.90. The SMILES string of the molecule is C=C(/C=C\C=C/C)Cn1ccc(-c2cn(C3CCC(C4CCN(C)CC4)C3)c3nc(Cl)nc(N)c23)n1. The van der Waals surface area contributed by atoms with Crippen LogP contribution in [0, 0.1) is 11.8 Å². The van der Waals surface area contributed by atoms with Crippen molar-refractivity contribution in [2.45, 2.75) is 51.6 Å². The molecule has 0 amide bonds. The molecule has 1 saturated carbocycles. The van der Waals surface area contributed by atoms with E-state index in [0.717, 1.165) is 46.1 Å². The maximum absolute atomic E-state index is 6.40. The van der Waals surface area contributed by atoms with Gasteiger partial charge >= 0.3 is 0 Å². The molecule has 1 aliphatic heterocycles. The quantitative estimate of drug-likeness (QED) is 0.319. The van der Waals surface area contributed by atoms with Crippen LogP contribution >= 0.6 is 11.6 Å². The van der Waals surface area contributed by atoms with Crippen LogP contribution in [0.2, 0.25) is 5.28 Å². The molecule has 4 heterocycles. The molecule has 2 atom stereocenters. The highest BCUT2D eigenvalue weighted by Gasteiger charge is 2.34. The zero-order valence-electron chi connectivity index (χ0n) is 21.3. The summed E-state index contributed by atoms with van der Waals surface area (Å²) < 4.78 is 4.20. The van der Waals surface area contributed by atoms with E-state index >= 15 is 0 Å². The topological polar surface area (TPSA) is 77.8 Å². The van der Waals surface area contributed by atoms with Crippen molar-refractivity contribution in [3.05, 3.63) is 60.2 Å². The first-order valence-corrected chi connectivity index (χ1v) is 13.3. The summed E-state index contributed by atoms with van der Waals surface area (Å²) in [5.41, 5.74) is 10.00. The lowest BCUT2D eigenvalue weighted by atomic mass is 9.83. The van der Waals surface area contributed by atoms with Gasteiger partial charge in [0.1, 0.15) is 11.5 Å². The molecule has 2 unspecified atom stereocenters. The maximum atomic E-state index is 6.40. The Morgan fingerprint density at radius 3 is 2.75 bits per heavy atom. The van der Waals surface area contributed by atoms with Crippen molar-refractivity contribution in [2.75, 3.05) is 25.9 Å². The molecule has 0 radical (unpaired) electrons. The molecule has 3 aromatic heterocycles. The van der Waals surface area contributed by atoms with Crippen LogP contribution in [0.25, 0.3) is 22.3 Å². The third-order valence-electron chi connectivity index (χ3n) is 7.86. The highest BCUT2D eigenvalue weighted by atomic mass is 35.5. The van der Waals surface area contributed by atoms with Gasteiger partial charge in [0.25, 0.3) is 0 Å².